The minimum absolute atomic E-state index is 0.196. The van der Waals surface area contributed by atoms with Gasteiger partial charge in [-0.15, -0.1) is 0 Å². The van der Waals surface area contributed by atoms with Crippen molar-refractivity contribution in [2.24, 2.45) is 11.7 Å². The Labute approximate surface area is 93.2 Å². The normalized spacial score (nSPS) is 14.7. The van der Waals surface area contributed by atoms with Crippen molar-refractivity contribution < 1.29 is 9.18 Å². The van der Waals surface area contributed by atoms with Gasteiger partial charge in [-0.1, -0.05) is 18.5 Å². The predicted octanol–water partition coefficient (Wildman–Crippen LogP) is 2.65. The fraction of sp³-hybridized carbons (Fsp3) is 0.364. The molecule has 0 heterocycles. The van der Waals surface area contributed by atoms with E-state index >= 15 is 0 Å². The number of Topliss-reactive ketones (excluding diaryl/α,β-unsaturated/α-hetero) is 1. The van der Waals surface area contributed by atoms with Gasteiger partial charge in [-0.05, 0) is 25.1 Å². The summed E-state index contributed by atoms with van der Waals surface area (Å²) in [5.74, 6) is -1.07. The van der Waals surface area contributed by atoms with E-state index in [-0.39, 0.29) is 28.3 Å². The first-order valence-corrected chi connectivity index (χ1v) is 5.06. The molecule has 0 aliphatic heterocycles. The number of halogens is 2. The Bertz CT molecular complexity index is 379. The van der Waals surface area contributed by atoms with Gasteiger partial charge in [0, 0.05) is 17.5 Å². The maximum absolute atomic E-state index is 12.9. The average Bonchev–Trinajstić information content (AvgIpc) is 2.19. The molecule has 4 heteroatoms. The van der Waals surface area contributed by atoms with Crippen LogP contribution < -0.4 is 5.73 Å². The molecule has 15 heavy (non-hydrogen) atoms. The number of ketones is 1. The third-order valence-corrected chi connectivity index (χ3v) is 2.73. The van der Waals surface area contributed by atoms with Crippen LogP contribution in [0.3, 0.4) is 0 Å². The summed E-state index contributed by atoms with van der Waals surface area (Å²) >= 11 is 5.81. The molecular formula is C11H13ClFNO. The topological polar surface area (TPSA) is 43.1 Å². The standard InChI is InChI=1S/C11H13ClFNO/c1-6(7(2)14)11(15)9-5-8(13)3-4-10(9)12/h3-7H,14H2,1-2H3. The van der Waals surface area contributed by atoms with Crippen molar-refractivity contribution in [3.05, 3.63) is 34.6 Å². The highest BCUT2D eigenvalue weighted by Gasteiger charge is 2.21. The Hall–Kier alpha value is -0.930. The summed E-state index contributed by atoms with van der Waals surface area (Å²) in [5.41, 5.74) is 5.80. The van der Waals surface area contributed by atoms with Gasteiger partial charge < -0.3 is 5.73 Å². The van der Waals surface area contributed by atoms with Crippen LogP contribution in [0.1, 0.15) is 24.2 Å². The largest absolute Gasteiger partial charge is 0.327 e. The van der Waals surface area contributed by atoms with Crippen molar-refractivity contribution in [1.82, 2.24) is 0 Å². The van der Waals surface area contributed by atoms with E-state index in [1.54, 1.807) is 13.8 Å². The number of rotatable bonds is 3. The summed E-state index contributed by atoms with van der Waals surface area (Å²) in [4.78, 5) is 11.8. The molecule has 0 radical (unpaired) electrons. The van der Waals surface area contributed by atoms with Crippen LogP contribution in [0.15, 0.2) is 18.2 Å². The maximum atomic E-state index is 12.9. The van der Waals surface area contributed by atoms with Gasteiger partial charge in [0.1, 0.15) is 5.82 Å². The Morgan fingerprint density at radius 1 is 1.47 bits per heavy atom. The van der Waals surface area contributed by atoms with Crippen LogP contribution in [-0.4, -0.2) is 11.8 Å². The van der Waals surface area contributed by atoms with Crippen LogP contribution in [-0.2, 0) is 0 Å². The number of hydrogen-bond donors (Lipinski definition) is 1. The Morgan fingerprint density at radius 3 is 2.60 bits per heavy atom. The first-order valence-electron chi connectivity index (χ1n) is 4.68. The molecule has 0 fully saturated rings. The monoisotopic (exact) mass is 229 g/mol. The fourth-order valence-electron chi connectivity index (χ4n) is 1.17. The highest BCUT2D eigenvalue weighted by atomic mass is 35.5. The number of hydrogen-bond acceptors (Lipinski definition) is 2. The Kier molecular flexibility index (Phi) is 3.83. The van der Waals surface area contributed by atoms with E-state index < -0.39 is 5.82 Å². The molecule has 0 saturated carbocycles. The lowest BCUT2D eigenvalue weighted by molar-refractivity contribution is 0.0917. The maximum Gasteiger partial charge on any atom is 0.168 e. The number of carbonyl (C=O) groups is 1. The molecule has 1 rings (SSSR count). The van der Waals surface area contributed by atoms with Crippen LogP contribution in [0.25, 0.3) is 0 Å². The van der Waals surface area contributed by atoms with Crippen LogP contribution in [0.2, 0.25) is 5.02 Å². The first-order chi connectivity index (χ1) is 6.93. The summed E-state index contributed by atoms with van der Waals surface area (Å²) in [6, 6.07) is 3.45. The van der Waals surface area contributed by atoms with Crippen LogP contribution >= 0.6 is 11.6 Å². The van der Waals surface area contributed by atoms with Gasteiger partial charge in [-0.2, -0.15) is 0 Å². The molecule has 2 unspecified atom stereocenters. The molecule has 1 aromatic rings. The lowest BCUT2D eigenvalue weighted by Gasteiger charge is -2.14. The molecule has 1 aromatic carbocycles. The quantitative estimate of drug-likeness (QED) is 0.810. The van der Waals surface area contributed by atoms with Crippen molar-refractivity contribution in [3.63, 3.8) is 0 Å². The highest BCUT2D eigenvalue weighted by molar-refractivity contribution is 6.34. The molecule has 0 amide bonds. The molecular weight excluding hydrogens is 217 g/mol. The minimum atomic E-state index is -0.473. The zero-order valence-corrected chi connectivity index (χ0v) is 9.38. The molecule has 0 spiro atoms. The molecule has 0 aromatic heterocycles. The Balaban J connectivity index is 3.05. The van der Waals surface area contributed by atoms with Crippen molar-refractivity contribution in [2.45, 2.75) is 19.9 Å². The van der Waals surface area contributed by atoms with E-state index in [9.17, 15) is 9.18 Å². The lowest BCUT2D eigenvalue weighted by Crippen LogP contribution is -2.30. The number of benzene rings is 1. The van der Waals surface area contributed by atoms with Crippen molar-refractivity contribution in [3.8, 4) is 0 Å². The zero-order chi connectivity index (χ0) is 11.6. The molecule has 2 nitrogen and oxygen atoms in total. The summed E-state index contributed by atoms with van der Waals surface area (Å²) in [6.07, 6.45) is 0. The second-order valence-electron chi connectivity index (χ2n) is 3.64. The fourth-order valence-corrected chi connectivity index (χ4v) is 1.38. The van der Waals surface area contributed by atoms with Gasteiger partial charge in [0.15, 0.2) is 5.78 Å². The predicted molar refractivity (Wildman–Crippen MR) is 58.6 cm³/mol. The smallest absolute Gasteiger partial charge is 0.168 e. The van der Waals surface area contributed by atoms with E-state index in [2.05, 4.69) is 0 Å². The SMILES string of the molecule is CC(N)C(C)C(=O)c1cc(F)ccc1Cl. The van der Waals surface area contributed by atoms with Gasteiger partial charge >= 0.3 is 0 Å². The molecule has 82 valence electrons. The second-order valence-corrected chi connectivity index (χ2v) is 4.04. The zero-order valence-electron chi connectivity index (χ0n) is 8.63. The van der Waals surface area contributed by atoms with Crippen LogP contribution in [0.5, 0.6) is 0 Å². The van der Waals surface area contributed by atoms with E-state index in [0.29, 0.717) is 0 Å². The molecule has 2 N–H and O–H groups in total. The van der Waals surface area contributed by atoms with Crippen molar-refractivity contribution in [2.75, 3.05) is 0 Å². The number of nitrogens with two attached hydrogens (primary N) is 1. The van der Waals surface area contributed by atoms with E-state index in [4.69, 9.17) is 17.3 Å². The van der Waals surface area contributed by atoms with Gasteiger partial charge in [0.25, 0.3) is 0 Å². The van der Waals surface area contributed by atoms with Gasteiger partial charge in [0.2, 0.25) is 0 Å². The van der Waals surface area contributed by atoms with E-state index in [1.807, 2.05) is 0 Å². The molecule has 0 saturated heterocycles. The molecule has 0 bridgehead atoms. The molecule has 2 atom stereocenters. The van der Waals surface area contributed by atoms with Gasteiger partial charge in [-0.25, -0.2) is 4.39 Å². The minimum Gasteiger partial charge on any atom is -0.327 e. The van der Waals surface area contributed by atoms with Gasteiger partial charge in [0.05, 0.1) is 5.02 Å². The number of carbonyl (C=O) groups excluding carboxylic acids is 1. The average molecular weight is 230 g/mol. The Morgan fingerprint density at radius 2 is 2.07 bits per heavy atom. The first kappa shape index (κ1) is 12.1. The highest BCUT2D eigenvalue weighted by Crippen LogP contribution is 2.21. The third-order valence-electron chi connectivity index (χ3n) is 2.40. The summed E-state index contributed by atoms with van der Waals surface area (Å²) in [6.45, 7) is 3.43. The summed E-state index contributed by atoms with van der Waals surface area (Å²) in [5, 5.41) is 0.258. The summed E-state index contributed by atoms with van der Waals surface area (Å²) < 4.78 is 12.9. The molecule has 0 aliphatic rings. The van der Waals surface area contributed by atoms with Crippen molar-refractivity contribution >= 4 is 17.4 Å². The van der Waals surface area contributed by atoms with E-state index in [1.165, 1.54) is 12.1 Å². The lowest BCUT2D eigenvalue weighted by atomic mass is 9.94. The van der Waals surface area contributed by atoms with Gasteiger partial charge in [-0.3, -0.25) is 4.79 Å². The van der Waals surface area contributed by atoms with E-state index in [0.717, 1.165) is 6.07 Å². The van der Waals surface area contributed by atoms with Crippen LogP contribution in [0.4, 0.5) is 4.39 Å². The molecule has 0 aliphatic carbocycles. The second kappa shape index (κ2) is 4.73. The third kappa shape index (κ3) is 2.76. The van der Waals surface area contributed by atoms with Crippen LogP contribution in [0, 0.1) is 11.7 Å². The van der Waals surface area contributed by atoms with Crippen molar-refractivity contribution in [1.29, 1.82) is 0 Å². The summed E-state index contributed by atoms with van der Waals surface area (Å²) in [7, 11) is 0.